The van der Waals surface area contributed by atoms with Gasteiger partial charge in [0, 0.05) is 0 Å². The van der Waals surface area contributed by atoms with E-state index in [1.807, 2.05) is 0 Å². The molecule has 0 saturated carbocycles. The Labute approximate surface area is 110 Å². The van der Waals surface area contributed by atoms with Crippen molar-refractivity contribution in [3.63, 3.8) is 0 Å². The van der Waals surface area contributed by atoms with E-state index in [9.17, 15) is 24.0 Å². The molecule has 13 heteroatoms. The third kappa shape index (κ3) is 2.71. The van der Waals surface area contributed by atoms with Crippen molar-refractivity contribution in [3.05, 3.63) is 12.3 Å². The summed E-state index contributed by atoms with van der Waals surface area (Å²) in [4.78, 5) is 54.4. The molecule has 2 heterocycles. The van der Waals surface area contributed by atoms with Crippen molar-refractivity contribution < 1.29 is 51.9 Å². The zero-order chi connectivity index (χ0) is 14.9. The van der Waals surface area contributed by atoms with Crippen LogP contribution in [0.3, 0.4) is 0 Å². The maximum absolute atomic E-state index is 11.2. The predicted octanol–water partition coefficient (Wildman–Crippen LogP) is -2.77. The Kier molecular flexibility index (Phi) is 3.33. The van der Waals surface area contributed by atoms with Gasteiger partial charge in [0.1, 0.15) is 0 Å². The van der Waals surface area contributed by atoms with Crippen molar-refractivity contribution in [2.75, 3.05) is 0 Å². The summed E-state index contributed by atoms with van der Waals surface area (Å²) in [5.41, 5.74) is 0. The lowest BCUT2D eigenvalue weighted by atomic mass is 10.2. The van der Waals surface area contributed by atoms with Crippen LogP contribution >= 0.6 is 0 Å². The fourth-order valence-corrected chi connectivity index (χ4v) is 1.00. The molecule has 0 aliphatic carbocycles. The third-order valence-corrected chi connectivity index (χ3v) is 1.82. The number of rotatable bonds is 2. The maximum Gasteiger partial charge on any atom is 0.871 e. The highest BCUT2D eigenvalue weighted by Gasteiger charge is 2.50. The van der Waals surface area contributed by atoms with Crippen LogP contribution in [0, 0.1) is 0 Å². The van der Waals surface area contributed by atoms with E-state index >= 15 is 0 Å². The van der Waals surface area contributed by atoms with Gasteiger partial charge < -0.3 is 27.9 Å². The van der Waals surface area contributed by atoms with Gasteiger partial charge in [-0.05, 0) is 0 Å². The molecule has 11 nitrogen and oxygen atoms in total. The van der Waals surface area contributed by atoms with Crippen LogP contribution in [0.2, 0.25) is 0 Å². The minimum absolute atomic E-state index is 0.421. The standard InChI is InChI=1S/C7H2B2O11/c1-2-3(10)16-8(15-2)17-4(11)5(12)18-9-19-6(13)7(14)20-9/h1H2. The van der Waals surface area contributed by atoms with E-state index in [1.165, 1.54) is 0 Å². The first-order valence-corrected chi connectivity index (χ1v) is 4.76. The van der Waals surface area contributed by atoms with Crippen LogP contribution in [0.4, 0.5) is 0 Å². The molecule has 0 bridgehead atoms. The van der Waals surface area contributed by atoms with Crippen LogP contribution in [0.5, 0.6) is 0 Å². The van der Waals surface area contributed by atoms with Gasteiger partial charge in [0.2, 0.25) is 0 Å². The van der Waals surface area contributed by atoms with E-state index < -0.39 is 50.2 Å². The van der Waals surface area contributed by atoms with Crippen LogP contribution in [0.15, 0.2) is 12.3 Å². The topological polar surface area (TPSA) is 141 Å². The number of hydrogen-bond acceptors (Lipinski definition) is 11. The van der Waals surface area contributed by atoms with E-state index in [4.69, 9.17) is 0 Å². The second kappa shape index (κ2) is 4.95. The Morgan fingerprint density at radius 2 is 1.20 bits per heavy atom. The number of carbonyl (C=O) groups is 5. The van der Waals surface area contributed by atoms with E-state index in [0.717, 1.165) is 0 Å². The first kappa shape index (κ1) is 13.5. The second-order valence-corrected chi connectivity index (χ2v) is 3.14. The first-order valence-electron chi connectivity index (χ1n) is 4.76. The summed E-state index contributed by atoms with van der Waals surface area (Å²) in [6.45, 7) is 3.12. The SMILES string of the molecule is C=C1OB(OC(=O)C(=O)OB2OC(=O)C(=O)O2)OC1=O. The van der Waals surface area contributed by atoms with Crippen molar-refractivity contribution in [1.29, 1.82) is 0 Å². The zero-order valence-corrected chi connectivity index (χ0v) is 9.35. The lowest BCUT2D eigenvalue weighted by molar-refractivity contribution is -0.160. The maximum atomic E-state index is 11.2. The summed E-state index contributed by atoms with van der Waals surface area (Å²) in [6, 6.07) is 0. The van der Waals surface area contributed by atoms with Crippen molar-refractivity contribution in [2.45, 2.75) is 0 Å². The molecule has 102 valence electrons. The first-order chi connectivity index (χ1) is 9.36. The highest BCUT2D eigenvalue weighted by molar-refractivity contribution is 6.59. The molecule has 0 aromatic carbocycles. The highest BCUT2D eigenvalue weighted by atomic mass is 16.8. The van der Waals surface area contributed by atoms with E-state index in [0.29, 0.717) is 0 Å². The molecule has 2 aliphatic rings. The van der Waals surface area contributed by atoms with Gasteiger partial charge in [-0.25, -0.2) is 24.0 Å². The smallest absolute Gasteiger partial charge is 0.484 e. The fourth-order valence-electron chi connectivity index (χ4n) is 1.00. The average molecular weight is 284 g/mol. The molecule has 0 amide bonds. The molecule has 2 rings (SSSR count). The van der Waals surface area contributed by atoms with Gasteiger partial charge in [-0.15, -0.1) is 0 Å². The van der Waals surface area contributed by atoms with Crippen molar-refractivity contribution in [3.8, 4) is 0 Å². The van der Waals surface area contributed by atoms with Crippen LogP contribution in [-0.2, 0) is 51.9 Å². The van der Waals surface area contributed by atoms with Gasteiger partial charge in [-0.1, -0.05) is 6.58 Å². The molecule has 2 saturated heterocycles. The summed E-state index contributed by atoms with van der Waals surface area (Å²) in [6.07, 6.45) is 0. The van der Waals surface area contributed by atoms with E-state index in [-0.39, 0.29) is 0 Å². The molecule has 0 aromatic rings. The fraction of sp³-hybridized carbons (Fsp3) is 0. The van der Waals surface area contributed by atoms with Gasteiger partial charge in [0.05, 0.1) is 0 Å². The number of carbonyl (C=O) groups excluding carboxylic acids is 5. The molecule has 0 spiro atoms. The largest absolute Gasteiger partial charge is 0.871 e. The van der Waals surface area contributed by atoms with Crippen LogP contribution in [-0.4, -0.2) is 44.5 Å². The van der Waals surface area contributed by atoms with Crippen LogP contribution in [0.1, 0.15) is 0 Å². The Hall–Kier alpha value is -2.98. The van der Waals surface area contributed by atoms with Gasteiger partial charge in [0.15, 0.2) is 5.76 Å². The minimum atomic E-state index is -1.99. The highest BCUT2D eigenvalue weighted by Crippen LogP contribution is 2.13. The third-order valence-electron chi connectivity index (χ3n) is 1.82. The molecule has 0 radical (unpaired) electrons. The average Bonchev–Trinajstić information content (AvgIpc) is 2.83. The van der Waals surface area contributed by atoms with E-state index in [2.05, 4.69) is 34.5 Å². The molecule has 2 aliphatic heterocycles. The summed E-state index contributed by atoms with van der Waals surface area (Å²) >= 11 is 0. The molecule has 0 N–H and O–H groups in total. The Balaban J connectivity index is 1.82. The Morgan fingerprint density at radius 3 is 1.60 bits per heavy atom. The zero-order valence-electron chi connectivity index (χ0n) is 9.35. The van der Waals surface area contributed by atoms with Gasteiger partial charge >= 0.3 is 44.5 Å². The summed E-state index contributed by atoms with van der Waals surface area (Å²) in [7, 11) is -3.78. The van der Waals surface area contributed by atoms with Gasteiger partial charge in [-0.2, -0.15) is 0 Å². The minimum Gasteiger partial charge on any atom is -0.484 e. The predicted molar refractivity (Wildman–Crippen MR) is 52.2 cm³/mol. The van der Waals surface area contributed by atoms with Gasteiger partial charge in [0.25, 0.3) is 0 Å². The Bertz CT molecular complexity index is 459. The monoisotopic (exact) mass is 284 g/mol. The van der Waals surface area contributed by atoms with Crippen LogP contribution < -0.4 is 0 Å². The van der Waals surface area contributed by atoms with Crippen molar-refractivity contribution in [2.24, 2.45) is 0 Å². The lowest BCUT2D eigenvalue weighted by Gasteiger charge is -2.05. The molecular formula is C7H2B2O11. The quantitative estimate of drug-likeness (QED) is 0.295. The summed E-state index contributed by atoms with van der Waals surface area (Å²) in [5.74, 6) is -7.49. The molecule has 0 unspecified atom stereocenters. The lowest BCUT2D eigenvalue weighted by Crippen LogP contribution is -2.34. The molecular weight excluding hydrogens is 282 g/mol. The normalized spacial score (nSPS) is 17.2. The second-order valence-electron chi connectivity index (χ2n) is 3.14. The van der Waals surface area contributed by atoms with Gasteiger partial charge in [-0.3, -0.25) is 0 Å². The molecule has 2 fully saturated rings. The summed E-state index contributed by atoms with van der Waals surface area (Å²) < 4.78 is 25.5. The van der Waals surface area contributed by atoms with Crippen molar-refractivity contribution in [1.82, 2.24) is 0 Å². The molecule has 20 heavy (non-hydrogen) atoms. The summed E-state index contributed by atoms with van der Waals surface area (Å²) in [5, 5.41) is 0. The number of hydrogen-bond donors (Lipinski definition) is 0. The molecule has 0 aromatic heterocycles. The Morgan fingerprint density at radius 1 is 0.800 bits per heavy atom. The van der Waals surface area contributed by atoms with Crippen molar-refractivity contribution >= 4 is 44.5 Å². The van der Waals surface area contributed by atoms with E-state index in [1.54, 1.807) is 0 Å². The van der Waals surface area contributed by atoms with Crippen LogP contribution in [0.25, 0.3) is 0 Å². The molecule has 0 atom stereocenters.